The van der Waals surface area contributed by atoms with Gasteiger partial charge in [-0.2, -0.15) is 0 Å². The summed E-state index contributed by atoms with van der Waals surface area (Å²) < 4.78 is 13.0. The molecule has 0 spiro atoms. The highest BCUT2D eigenvalue weighted by molar-refractivity contribution is 7.26. The number of ether oxygens (including phenoxy) is 2. The number of hydrogen-bond acceptors (Lipinski definition) is 5. The molecule has 156 valence electrons. The lowest BCUT2D eigenvalue weighted by Gasteiger charge is -2.08. The third-order valence-electron chi connectivity index (χ3n) is 5.09. The van der Waals surface area contributed by atoms with Crippen molar-refractivity contribution in [3.8, 4) is 5.75 Å². The average molecular weight is 423 g/mol. The van der Waals surface area contributed by atoms with Crippen molar-refractivity contribution in [1.29, 1.82) is 0 Å². The van der Waals surface area contributed by atoms with Crippen molar-refractivity contribution in [3.05, 3.63) is 65.3 Å². The highest BCUT2D eigenvalue weighted by Gasteiger charge is 2.16. The van der Waals surface area contributed by atoms with Crippen molar-refractivity contribution in [1.82, 2.24) is 0 Å². The molecule has 5 heteroatoms. The van der Waals surface area contributed by atoms with Gasteiger partial charge in [-0.3, -0.25) is 0 Å². The van der Waals surface area contributed by atoms with Crippen LogP contribution in [0.15, 0.2) is 48.6 Å². The van der Waals surface area contributed by atoms with Crippen LogP contribution in [0.25, 0.3) is 20.2 Å². The number of rotatable bonds is 7. The number of carbonyl (C=O) groups excluding carboxylic acids is 2. The van der Waals surface area contributed by atoms with Crippen molar-refractivity contribution >= 4 is 43.4 Å². The standard InChI is InChI=1S/C25H26O4S/c1-14(2)24(26)28-13-7-8-18-9-10-19-20-11-12-21(29-25(27)15(3)4)17(6)23(20)30-22(19)16(18)5/h9-12H,1,3,7-8,13H2,2,4-6H3. The minimum Gasteiger partial charge on any atom is -0.462 e. The lowest BCUT2D eigenvalue weighted by atomic mass is 10.0. The van der Waals surface area contributed by atoms with E-state index in [4.69, 9.17) is 9.47 Å². The molecule has 0 fully saturated rings. The number of carbonyl (C=O) groups is 2. The first-order valence-corrected chi connectivity index (χ1v) is 10.7. The zero-order chi connectivity index (χ0) is 22.0. The Bertz CT molecular complexity index is 1180. The average Bonchev–Trinajstić information content (AvgIpc) is 3.08. The van der Waals surface area contributed by atoms with E-state index in [-0.39, 0.29) is 5.97 Å². The molecule has 0 radical (unpaired) electrons. The van der Waals surface area contributed by atoms with Crippen molar-refractivity contribution in [2.24, 2.45) is 0 Å². The fraction of sp³-hybridized carbons (Fsp3) is 0.280. The van der Waals surface area contributed by atoms with Gasteiger partial charge in [0.15, 0.2) is 0 Å². The highest BCUT2D eigenvalue weighted by Crippen LogP contribution is 2.41. The molecule has 0 amide bonds. The molecule has 0 unspecified atom stereocenters. The maximum Gasteiger partial charge on any atom is 0.338 e. The Morgan fingerprint density at radius 3 is 2.13 bits per heavy atom. The Hall–Kier alpha value is -2.92. The van der Waals surface area contributed by atoms with E-state index in [1.54, 1.807) is 25.2 Å². The first-order chi connectivity index (χ1) is 14.2. The Kier molecular flexibility index (Phi) is 6.42. The molecule has 2 aromatic carbocycles. The fourth-order valence-electron chi connectivity index (χ4n) is 3.31. The van der Waals surface area contributed by atoms with Gasteiger partial charge in [0.2, 0.25) is 0 Å². The molecule has 0 N–H and O–H groups in total. The molecule has 4 nitrogen and oxygen atoms in total. The molecule has 0 atom stereocenters. The first-order valence-electron chi connectivity index (χ1n) is 9.85. The van der Waals surface area contributed by atoms with Crippen LogP contribution in [0.5, 0.6) is 5.75 Å². The van der Waals surface area contributed by atoms with E-state index in [2.05, 4.69) is 32.2 Å². The third kappa shape index (κ3) is 4.31. The number of esters is 2. The van der Waals surface area contributed by atoms with Crippen LogP contribution < -0.4 is 4.74 Å². The Balaban J connectivity index is 1.87. The zero-order valence-electron chi connectivity index (χ0n) is 17.9. The second-order valence-corrected chi connectivity index (χ2v) is 8.60. The van der Waals surface area contributed by atoms with Crippen molar-refractivity contribution in [3.63, 3.8) is 0 Å². The largest absolute Gasteiger partial charge is 0.462 e. The second kappa shape index (κ2) is 8.84. The molecule has 1 aromatic heterocycles. The molecule has 1 heterocycles. The van der Waals surface area contributed by atoms with Gasteiger partial charge in [0, 0.05) is 36.9 Å². The van der Waals surface area contributed by atoms with E-state index in [1.165, 1.54) is 21.2 Å². The molecule has 0 aliphatic rings. The van der Waals surface area contributed by atoms with Gasteiger partial charge >= 0.3 is 11.9 Å². The lowest BCUT2D eigenvalue weighted by Crippen LogP contribution is -2.08. The maximum absolute atomic E-state index is 11.9. The Morgan fingerprint density at radius 2 is 1.50 bits per heavy atom. The Morgan fingerprint density at radius 1 is 0.900 bits per heavy atom. The summed E-state index contributed by atoms with van der Waals surface area (Å²) in [6.45, 7) is 15.0. The van der Waals surface area contributed by atoms with Crippen LogP contribution in [0.1, 0.15) is 37.0 Å². The topological polar surface area (TPSA) is 52.6 Å². The number of thiophene rings is 1. The minimum absolute atomic E-state index is 0.342. The van der Waals surface area contributed by atoms with Crippen LogP contribution in [-0.2, 0) is 20.7 Å². The molecule has 0 aliphatic heterocycles. The van der Waals surface area contributed by atoms with Crippen LogP contribution in [0.2, 0.25) is 0 Å². The zero-order valence-corrected chi connectivity index (χ0v) is 18.7. The molecule has 0 aliphatic carbocycles. The van der Waals surface area contributed by atoms with Crippen molar-refractivity contribution in [2.75, 3.05) is 6.61 Å². The van der Waals surface area contributed by atoms with Crippen molar-refractivity contribution < 1.29 is 19.1 Å². The normalized spacial score (nSPS) is 10.9. The highest BCUT2D eigenvalue weighted by atomic mass is 32.1. The predicted molar refractivity (Wildman–Crippen MR) is 123 cm³/mol. The summed E-state index contributed by atoms with van der Waals surface area (Å²) in [5, 5.41) is 2.36. The lowest BCUT2D eigenvalue weighted by molar-refractivity contribution is -0.139. The smallest absolute Gasteiger partial charge is 0.338 e. The van der Waals surface area contributed by atoms with Gasteiger partial charge in [-0.05, 0) is 63.8 Å². The molecular formula is C25H26O4S. The summed E-state index contributed by atoms with van der Waals surface area (Å²) in [5.74, 6) is -0.186. The number of fused-ring (bicyclic) bond motifs is 3. The number of benzene rings is 2. The van der Waals surface area contributed by atoms with Crippen LogP contribution >= 0.6 is 11.3 Å². The summed E-state index contributed by atoms with van der Waals surface area (Å²) >= 11 is 1.72. The van der Waals surface area contributed by atoms with Gasteiger partial charge in [-0.1, -0.05) is 25.3 Å². The second-order valence-electron chi connectivity index (χ2n) is 7.58. The van der Waals surface area contributed by atoms with Crippen LogP contribution in [-0.4, -0.2) is 18.5 Å². The molecule has 0 bridgehead atoms. The SMILES string of the molecule is C=C(C)C(=O)OCCCc1ccc2c(sc3c(C)c(OC(=O)C(=C)C)ccc32)c1C. The van der Waals surface area contributed by atoms with E-state index in [0.717, 1.165) is 28.5 Å². The van der Waals surface area contributed by atoms with Crippen LogP contribution in [0, 0.1) is 13.8 Å². The maximum atomic E-state index is 11.9. The Labute approximate surface area is 180 Å². The summed E-state index contributed by atoms with van der Waals surface area (Å²) in [4.78, 5) is 23.4. The van der Waals surface area contributed by atoms with Gasteiger partial charge < -0.3 is 9.47 Å². The van der Waals surface area contributed by atoms with E-state index >= 15 is 0 Å². The van der Waals surface area contributed by atoms with Gasteiger partial charge in [-0.25, -0.2) is 9.59 Å². The summed E-state index contributed by atoms with van der Waals surface area (Å²) in [6, 6.07) is 8.16. The summed E-state index contributed by atoms with van der Waals surface area (Å²) in [6.07, 6.45) is 1.59. The van der Waals surface area contributed by atoms with Crippen LogP contribution in [0.3, 0.4) is 0 Å². The number of aryl methyl sites for hydroxylation is 3. The van der Waals surface area contributed by atoms with Gasteiger partial charge in [0.05, 0.1) is 6.61 Å². The quantitative estimate of drug-likeness (QED) is 0.197. The van der Waals surface area contributed by atoms with E-state index in [0.29, 0.717) is 23.5 Å². The molecule has 0 saturated carbocycles. The predicted octanol–water partition coefficient (Wildman–Crippen LogP) is 6.20. The number of hydrogen-bond donors (Lipinski definition) is 0. The molecular weight excluding hydrogens is 396 g/mol. The van der Waals surface area contributed by atoms with E-state index in [1.807, 2.05) is 19.1 Å². The molecule has 3 aromatic rings. The fourth-order valence-corrected chi connectivity index (χ4v) is 4.63. The molecule has 3 rings (SSSR count). The monoisotopic (exact) mass is 422 g/mol. The molecule has 30 heavy (non-hydrogen) atoms. The summed E-state index contributed by atoms with van der Waals surface area (Å²) in [7, 11) is 0. The van der Waals surface area contributed by atoms with Crippen LogP contribution in [0.4, 0.5) is 0 Å². The molecule has 0 saturated heterocycles. The van der Waals surface area contributed by atoms with Gasteiger partial charge in [0.1, 0.15) is 5.75 Å². The summed E-state index contributed by atoms with van der Waals surface area (Å²) in [5.41, 5.74) is 4.23. The van der Waals surface area contributed by atoms with E-state index in [9.17, 15) is 9.59 Å². The van der Waals surface area contributed by atoms with Crippen molar-refractivity contribution in [2.45, 2.75) is 40.5 Å². The minimum atomic E-state index is -0.413. The van der Waals surface area contributed by atoms with Gasteiger partial charge in [0.25, 0.3) is 0 Å². The first kappa shape index (κ1) is 21.8. The third-order valence-corrected chi connectivity index (χ3v) is 6.55. The van der Waals surface area contributed by atoms with Gasteiger partial charge in [-0.15, -0.1) is 11.3 Å². The van der Waals surface area contributed by atoms with E-state index < -0.39 is 5.97 Å².